The molecule has 0 atom stereocenters. The number of aromatic carboxylic acids is 1. The molecule has 8 heteroatoms. The molecule has 1 aromatic carbocycles. The number of aromatic hydroxyl groups is 1. The van der Waals surface area contributed by atoms with E-state index in [4.69, 9.17) is 20.5 Å². The molecule has 1 rings (SSSR count). The molecule has 6 nitrogen and oxygen atoms in total. The van der Waals surface area contributed by atoms with Crippen LogP contribution in [0.5, 0.6) is 11.5 Å². The summed E-state index contributed by atoms with van der Waals surface area (Å²) in [6.45, 7) is 0. The summed E-state index contributed by atoms with van der Waals surface area (Å²) >= 11 is 0. The second-order valence-corrected chi connectivity index (χ2v) is 5.95. The Bertz CT molecular complexity index is 551. The zero-order chi connectivity index (χ0) is 13.2. The monoisotopic (exact) mass is 280 g/mol. The summed E-state index contributed by atoms with van der Waals surface area (Å²) in [5, 5.41) is 18.4. The molecule has 0 aliphatic carbocycles. The van der Waals surface area contributed by atoms with Crippen LogP contribution in [-0.4, -0.2) is 31.7 Å². The largest absolute Gasteiger partial charge is 0.507 e. The molecular weight excluding hydrogens is 272 g/mol. The van der Waals surface area contributed by atoms with E-state index in [0.717, 1.165) is 12.1 Å². The van der Waals surface area contributed by atoms with Crippen LogP contribution in [0, 0.1) is 0 Å². The molecule has 17 heavy (non-hydrogen) atoms. The van der Waals surface area contributed by atoms with Crippen LogP contribution in [0.3, 0.4) is 0 Å². The maximum atomic E-state index is 10.9. The highest BCUT2D eigenvalue weighted by atomic mass is 35.7. The van der Waals surface area contributed by atoms with Crippen LogP contribution in [0.2, 0.25) is 0 Å². The average Bonchev–Trinajstić information content (AvgIpc) is 2.18. The molecule has 0 radical (unpaired) electrons. The number of hydrogen-bond acceptors (Lipinski definition) is 5. The van der Waals surface area contributed by atoms with E-state index in [9.17, 15) is 18.3 Å². The molecule has 0 amide bonds. The van der Waals surface area contributed by atoms with Gasteiger partial charge in [-0.2, -0.15) is 0 Å². The molecule has 0 unspecified atom stereocenters. The predicted octanol–water partition coefficient (Wildman–Crippen LogP) is 1.17. The molecule has 0 aliphatic heterocycles. The van der Waals surface area contributed by atoms with Crippen LogP contribution in [-0.2, 0) is 14.8 Å². The fourth-order valence-corrected chi connectivity index (χ4v) is 2.21. The second-order valence-electron chi connectivity index (χ2n) is 3.17. The van der Waals surface area contributed by atoms with Crippen molar-refractivity contribution >= 4 is 25.7 Å². The summed E-state index contributed by atoms with van der Waals surface area (Å²) in [6.07, 6.45) is 0. The van der Waals surface area contributed by atoms with Crippen LogP contribution in [0.1, 0.15) is 15.9 Å². The van der Waals surface area contributed by atoms with E-state index < -0.39 is 26.5 Å². The molecule has 0 aromatic heterocycles. The molecule has 0 spiro atoms. The third-order valence-corrected chi connectivity index (χ3v) is 2.94. The molecule has 0 saturated carbocycles. The van der Waals surface area contributed by atoms with E-state index >= 15 is 0 Å². The standard InChI is InChI=1S/C9H9ClO6S/c1-16-8-3-7(11)5(4-17(10,14)15)2-6(8)9(12)13/h2-3,11H,4H2,1H3,(H,12,13). The number of halogens is 1. The number of rotatable bonds is 4. The van der Waals surface area contributed by atoms with E-state index in [-0.39, 0.29) is 16.9 Å². The Morgan fingerprint density at radius 3 is 2.47 bits per heavy atom. The predicted molar refractivity (Wildman–Crippen MR) is 60.1 cm³/mol. The minimum absolute atomic E-state index is 0.0641. The maximum Gasteiger partial charge on any atom is 0.339 e. The Balaban J connectivity index is 3.34. The summed E-state index contributed by atoms with van der Waals surface area (Å²) in [7, 11) is 2.38. The first-order valence-corrected chi connectivity index (χ1v) is 6.78. The number of phenolic OH excluding ortho intramolecular Hbond substituents is 1. The van der Waals surface area contributed by atoms with E-state index in [2.05, 4.69) is 0 Å². The lowest BCUT2D eigenvalue weighted by atomic mass is 10.1. The van der Waals surface area contributed by atoms with Gasteiger partial charge in [0.05, 0.1) is 12.9 Å². The molecule has 0 heterocycles. The number of benzene rings is 1. The summed E-state index contributed by atoms with van der Waals surface area (Å²) in [4.78, 5) is 10.9. The fourth-order valence-electron chi connectivity index (χ4n) is 1.25. The van der Waals surface area contributed by atoms with Crippen LogP contribution in [0.25, 0.3) is 0 Å². The molecule has 0 saturated heterocycles. The number of carboxylic acid groups (broad SMARTS) is 1. The molecule has 94 valence electrons. The highest BCUT2D eigenvalue weighted by molar-refractivity contribution is 8.13. The number of carboxylic acids is 1. The Labute approximate surface area is 102 Å². The molecule has 0 bridgehead atoms. The first-order valence-electron chi connectivity index (χ1n) is 4.30. The van der Waals surface area contributed by atoms with Crippen molar-refractivity contribution in [2.75, 3.05) is 7.11 Å². The summed E-state index contributed by atoms with van der Waals surface area (Å²) in [6, 6.07) is 2.04. The fraction of sp³-hybridized carbons (Fsp3) is 0.222. The van der Waals surface area contributed by atoms with Crippen molar-refractivity contribution in [1.82, 2.24) is 0 Å². The van der Waals surface area contributed by atoms with Gasteiger partial charge in [-0.25, -0.2) is 13.2 Å². The Morgan fingerprint density at radius 2 is 2.06 bits per heavy atom. The van der Waals surface area contributed by atoms with Gasteiger partial charge in [0.1, 0.15) is 17.1 Å². The molecule has 1 aromatic rings. The van der Waals surface area contributed by atoms with Gasteiger partial charge >= 0.3 is 5.97 Å². The third kappa shape index (κ3) is 3.50. The average molecular weight is 281 g/mol. The van der Waals surface area contributed by atoms with Crippen molar-refractivity contribution in [3.63, 3.8) is 0 Å². The van der Waals surface area contributed by atoms with Gasteiger partial charge < -0.3 is 14.9 Å². The van der Waals surface area contributed by atoms with Crippen molar-refractivity contribution in [3.8, 4) is 11.5 Å². The van der Waals surface area contributed by atoms with Crippen molar-refractivity contribution in [3.05, 3.63) is 23.3 Å². The summed E-state index contributed by atoms with van der Waals surface area (Å²) < 4.78 is 26.5. The highest BCUT2D eigenvalue weighted by Gasteiger charge is 2.18. The van der Waals surface area contributed by atoms with Crippen molar-refractivity contribution in [2.24, 2.45) is 0 Å². The zero-order valence-corrected chi connectivity index (χ0v) is 10.2. The maximum absolute atomic E-state index is 10.9. The van der Waals surface area contributed by atoms with Gasteiger partial charge in [-0.05, 0) is 6.07 Å². The van der Waals surface area contributed by atoms with Gasteiger partial charge in [-0.1, -0.05) is 0 Å². The minimum atomic E-state index is -3.88. The van der Waals surface area contributed by atoms with Gasteiger partial charge in [0.15, 0.2) is 0 Å². The van der Waals surface area contributed by atoms with E-state index in [1.54, 1.807) is 0 Å². The first-order chi connectivity index (χ1) is 7.74. The number of carbonyl (C=O) groups is 1. The summed E-state index contributed by atoms with van der Waals surface area (Å²) in [5.74, 6) is -2.41. The van der Waals surface area contributed by atoms with Crippen LogP contribution in [0.15, 0.2) is 12.1 Å². The molecule has 0 aliphatic rings. The second kappa shape index (κ2) is 4.80. The third-order valence-electron chi connectivity index (χ3n) is 1.96. The van der Waals surface area contributed by atoms with Crippen molar-refractivity contribution < 1.29 is 28.2 Å². The van der Waals surface area contributed by atoms with Gasteiger partial charge in [0.2, 0.25) is 9.05 Å². The van der Waals surface area contributed by atoms with Gasteiger partial charge in [0, 0.05) is 22.3 Å². The lowest BCUT2D eigenvalue weighted by molar-refractivity contribution is 0.0693. The Kier molecular flexibility index (Phi) is 3.84. The van der Waals surface area contributed by atoms with Crippen LogP contribution in [0.4, 0.5) is 0 Å². The van der Waals surface area contributed by atoms with Crippen molar-refractivity contribution in [2.45, 2.75) is 5.75 Å². The van der Waals surface area contributed by atoms with Crippen molar-refractivity contribution in [1.29, 1.82) is 0 Å². The Morgan fingerprint density at radius 1 is 1.47 bits per heavy atom. The number of methoxy groups -OCH3 is 1. The number of ether oxygens (including phenoxy) is 1. The lowest BCUT2D eigenvalue weighted by Crippen LogP contribution is -2.04. The topological polar surface area (TPSA) is 101 Å². The first kappa shape index (κ1) is 13.6. The smallest absolute Gasteiger partial charge is 0.339 e. The molecule has 0 fully saturated rings. The molecular formula is C9H9ClO6S. The van der Waals surface area contributed by atoms with E-state index in [0.29, 0.717) is 0 Å². The van der Waals surface area contributed by atoms with E-state index in [1.807, 2.05) is 0 Å². The normalized spacial score (nSPS) is 11.2. The number of hydrogen-bond donors (Lipinski definition) is 2. The van der Waals surface area contributed by atoms with Gasteiger partial charge in [0.25, 0.3) is 0 Å². The molecule has 2 N–H and O–H groups in total. The van der Waals surface area contributed by atoms with Crippen LogP contribution >= 0.6 is 10.7 Å². The van der Waals surface area contributed by atoms with Gasteiger partial charge in [-0.3, -0.25) is 0 Å². The van der Waals surface area contributed by atoms with E-state index in [1.165, 1.54) is 7.11 Å². The van der Waals surface area contributed by atoms with Gasteiger partial charge in [-0.15, -0.1) is 0 Å². The zero-order valence-electron chi connectivity index (χ0n) is 8.68. The summed E-state index contributed by atoms with van der Waals surface area (Å²) in [5.41, 5.74) is -0.348. The Hall–Kier alpha value is -1.47. The number of phenols is 1. The SMILES string of the molecule is COc1cc(O)c(CS(=O)(=O)Cl)cc1C(=O)O. The lowest BCUT2D eigenvalue weighted by Gasteiger charge is -2.09. The quantitative estimate of drug-likeness (QED) is 0.803. The van der Waals surface area contributed by atoms with Crippen LogP contribution < -0.4 is 4.74 Å². The minimum Gasteiger partial charge on any atom is -0.507 e. The highest BCUT2D eigenvalue weighted by Crippen LogP contribution is 2.30.